The minimum atomic E-state index is 0.0435. The maximum atomic E-state index is 5.61. The van der Waals surface area contributed by atoms with Crippen LogP contribution in [-0.2, 0) is 0 Å². The Balaban J connectivity index is 1.68. The predicted molar refractivity (Wildman–Crippen MR) is 109 cm³/mol. The monoisotopic (exact) mass is 388 g/mol. The van der Waals surface area contributed by atoms with Crippen molar-refractivity contribution in [3.8, 4) is 23.0 Å². The third kappa shape index (κ3) is 4.54. The Morgan fingerprint density at radius 1 is 1.04 bits per heavy atom. The van der Waals surface area contributed by atoms with E-state index in [1.165, 1.54) is 0 Å². The van der Waals surface area contributed by atoms with Crippen LogP contribution in [0, 0.1) is 0 Å². The molecule has 1 aliphatic rings. The summed E-state index contributed by atoms with van der Waals surface area (Å²) >= 11 is 5.49. The molecule has 0 saturated heterocycles. The lowest BCUT2D eigenvalue weighted by atomic mass is 10.0. The highest BCUT2D eigenvalue weighted by molar-refractivity contribution is 7.80. The van der Waals surface area contributed by atoms with Crippen molar-refractivity contribution < 1.29 is 18.9 Å². The number of rotatable bonds is 6. The first-order valence-corrected chi connectivity index (χ1v) is 9.24. The molecule has 2 N–H and O–H groups in total. The molecule has 0 radical (unpaired) electrons. The lowest BCUT2D eigenvalue weighted by Gasteiger charge is -2.22. The molecular weight excluding hydrogens is 364 g/mol. The fourth-order valence-electron chi connectivity index (χ4n) is 2.94. The predicted octanol–water partition coefficient (Wildman–Crippen LogP) is 3.91. The van der Waals surface area contributed by atoms with Crippen LogP contribution in [0.5, 0.6) is 23.0 Å². The van der Waals surface area contributed by atoms with Crippen LogP contribution in [0.25, 0.3) is 0 Å². The van der Waals surface area contributed by atoms with E-state index in [0.29, 0.717) is 29.8 Å². The van der Waals surface area contributed by atoms with Crippen LogP contribution >= 0.6 is 12.2 Å². The number of benzene rings is 2. The molecule has 2 aromatic rings. The van der Waals surface area contributed by atoms with Crippen molar-refractivity contribution in [3.63, 3.8) is 0 Å². The van der Waals surface area contributed by atoms with Gasteiger partial charge >= 0.3 is 0 Å². The molecule has 0 unspecified atom stereocenters. The zero-order valence-electron chi connectivity index (χ0n) is 15.7. The van der Waals surface area contributed by atoms with Gasteiger partial charge in [0.2, 0.25) is 0 Å². The second-order valence-electron chi connectivity index (χ2n) is 6.03. The molecule has 0 bridgehead atoms. The van der Waals surface area contributed by atoms with Gasteiger partial charge in [0.15, 0.2) is 28.1 Å². The summed E-state index contributed by atoms with van der Waals surface area (Å²) in [6.07, 6.45) is 0.860. The number of hydrogen-bond donors (Lipinski definition) is 2. The molecule has 6 nitrogen and oxygen atoms in total. The summed E-state index contributed by atoms with van der Waals surface area (Å²) in [6, 6.07) is 11.6. The number of methoxy groups -OCH3 is 2. The molecule has 27 heavy (non-hydrogen) atoms. The number of hydrogen-bond acceptors (Lipinski definition) is 5. The van der Waals surface area contributed by atoms with Gasteiger partial charge in [-0.1, -0.05) is 13.0 Å². The minimum absolute atomic E-state index is 0.0435. The van der Waals surface area contributed by atoms with E-state index in [4.69, 9.17) is 31.2 Å². The van der Waals surface area contributed by atoms with Crippen LogP contribution in [0.15, 0.2) is 36.4 Å². The van der Waals surface area contributed by atoms with E-state index < -0.39 is 0 Å². The first-order chi connectivity index (χ1) is 13.1. The fourth-order valence-corrected chi connectivity index (χ4v) is 3.20. The van der Waals surface area contributed by atoms with Crippen molar-refractivity contribution in [1.82, 2.24) is 5.32 Å². The van der Waals surface area contributed by atoms with Crippen LogP contribution in [0.4, 0.5) is 5.69 Å². The zero-order valence-corrected chi connectivity index (χ0v) is 16.5. The van der Waals surface area contributed by atoms with Crippen LogP contribution in [0.2, 0.25) is 0 Å². The third-order valence-corrected chi connectivity index (χ3v) is 4.54. The lowest BCUT2D eigenvalue weighted by Crippen LogP contribution is -2.32. The Morgan fingerprint density at radius 2 is 1.78 bits per heavy atom. The molecule has 0 aromatic heterocycles. The van der Waals surface area contributed by atoms with Gasteiger partial charge in [0, 0.05) is 11.8 Å². The summed E-state index contributed by atoms with van der Waals surface area (Å²) < 4.78 is 21.9. The molecule has 7 heteroatoms. The van der Waals surface area contributed by atoms with Gasteiger partial charge in [-0.3, -0.25) is 0 Å². The summed E-state index contributed by atoms with van der Waals surface area (Å²) in [7, 11) is 3.25. The maximum absolute atomic E-state index is 5.61. The SMILES string of the molecule is CC[C@@H](NC(=S)Nc1ccc2c(c1)OCCO2)c1ccc(OC)c(OC)c1. The quantitative estimate of drug-likeness (QED) is 0.728. The molecule has 0 spiro atoms. The molecule has 1 heterocycles. The van der Waals surface area contributed by atoms with E-state index in [1.54, 1.807) is 14.2 Å². The molecule has 144 valence electrons. The van der Waals surface area contributed by atoms with Crippen molar-refractivity contribution in [2.45, 2.75) is 19.4 Å². The Labute approximate surface area is 164 Å². The van der Waals surface area contributed by atoms with Crippen molar-refractivity contribution >= 4 is 23.0 Å². The highest BCUT2D eigenvalue weighted by atomic mass is 32.1. The van der Waals surface area contributed by atoms with Crippen LogP contribution < -0.4 is 29.6 Å². The zero-order chi connectivity index (χ0) is 19.2. The van der Waals surface area contributed by atoms with Gasteiger partial charge in [0.25, 0.3) is 0 Å². The van der Waals surface area contributed by atoms with Crippen LogP contribution in [0.3, 0.4) is 0 Å². The Bertz CT molecular complexity index is 813. The van der Waals surface area contributed by atoms with Crippen molar-refractivity contribution in [1.29, 1.82) is 0 Å². The average Bonchev–Trinajstić information content (AvgIpc) is 2.71. The van der Waals surface area contributed by atoms with Gasteiger partial charge in [-0.2, -0.15) is 0 Å². The second-order valence-corrected chi connectivity index (χ2v) is 6.44. The van der Waals surface area contributed by atoms with E-state index in [2.05, 4.69) is 17.6 Å². The van der Waals surface area contributed by atoms with Gasteiger partial charge in [0.1, 0.15) is 13.2 Å². The molecule has 0 saturated carbocycles. The molecule has 0 amide bonds. The normalized spacial score (nSPS) is 13.4. The lowest BCUT2D eigenvalue weighted by molar-refractivity contribution is 0.171. The van der Waals surface area contributed by atoms with Gasteiger partial charge in [-0.25, -0.2) is 0 Å². The number of nitrogens with one attached hydrogen (secondary N) is 2. The van der Waals surface area contributed by atoms with Crippen LogP contribution in [-0.4, -0.2) is 32.5 Å². The third-order valence-electron chi connectivity index (χ3n) is 4.32. The van der Waals surface area contributed by atoms with Gasteiger partial charge < -0.3 is 29.6 Å². The van der Waals surface area contributed by atoms with E-state index >= 15 is 0 Å². The first kappa shape index (κ1) is 19.1. The van der Waals surface area contributed by atoms with Gasteiger partial charge in [0.05, 0.1) is 20.3 Å². The molecule has 1 aliphatic heterocycles. The summed E-state index contributed by atoms with van der Waals surface area (Å²) in [4.78, 5) is 0. The van der Waals surface area contributed by atoms with Crippen molar-refractivity contribution in [3.05, 3.63) is 42.0 Å². The average molecular weight is 388 g/mol. The molecule has 0 aliphatic carbocycles. The Hall–Kier alpha value is -2.67. The molecule has 1 atom stereocenters. The van der Waals surface area contributed by atoms with Crippen molar-refractivity contribution in [2.75, 3.05) is 32.8 Å². The van der Waals surface area contributed by atoms with E-state index in [0.717, 1.165) is 29.2 Å². The highest BCUT2D eigenvalue weighted by Crippen LogP contribution is 2.33. The summed E-state index contributed by atoms with van der Waals surface area (Å²) in [5.41, 5.74) is 1.92. The number of anilines is 1. The molecular formula is C20H24N2O4S. The minimum Gasteiger partial charge on any atom is -0.493 e. The number of ether oxygens (including phenoxy) is 4. The van der Waals surface area contributed by atoms with Crippen molar-refractivity contribution in [2.24, 2.45) is 0 Å². The Morgan fingerprint density at radius 3 is 2.48 bits per heavy atom. The van der Waals surface area contributed by atoms with E-state index in [9.17, 15) is 0 Å². The number of fused-ring (bicyclic) bond motifs is 1. The first-order valence-electron chi connectivity index (χ1n) is 8.83. The maximum Gasteiger partial charge on any atom is 0.171 e. The number of thiocarbonyl (C=S) groups is 1. The largest absolute Gasteiger partial charge is 0.493 e. The van der Waals surface area contributed by atoms with E-state index in [-0.39, 0.29) is 6.04 Å². The topological polar surface area (TPSA) is 61.0 Å². The second kappa shape index (κ2) is 8.81. The van der Waals surface area contributed by atoms with Crippen LogP contribution in [0.1, 0.15) is 24.9 Å². The van der Waals surface area contributed by atoms with Gasteiger partial charge in [-0.05, 0) is 48.5 Å². The van der Waals surface area contributed by atoms with E-state index in [1.807, 2.05) is 36.4 Å². The molecule has 0 fully saturated rings. The molecule has 3 rings (SSSR count). The van der Waals surface area contributed by atoms with Gasteiger partial charge in [-0.15, -0.1) is 0 Å². The highest BCUT2D eigenvalue weighted by Gasteiger charge is 2.15. The smallest absolute Gasteiger partial charge is 0.171 e. The fraction of sp³-hybridized carbons (Fsp3) is 0.350. The summed E-state index contributed by atoms with van der Waals surface area (Å²) in [5, 5.41) is 7.09. The standard InChI is InChI=1S/C20H24N2O4S/c1-4-15(13-5-7-16(23-2)18(11-13)24-3)22-20(27)21-14-6-8-17-19(12-14)26-10-9-25-17/h5-8,11-12,15H,4,9-10H2,1-3H3,(H2,21,22,27)/t15-/m1/s1. The Kier molecular flexibility index (Phi) is 6.24. The summed E-state index contributed by atoms with van der Waals surface area (Å²) in [5.74, 6) is 2.87. The summed E-state index contributed by atoms with van der Waals surface area (Å²) in [6.45, 7) is 3.22. The molecule has 2 aromatic carbocycles.